The summed E-state index contributed by atoms with van der Waals surface area (Å²) >= 11 is 0. The molecule has 0 heterocycles. The third kappa shape index (κ3) is 5.15. The van der Waals surface area contributed by atoms with Crippen molar-refractivity contribution < 1.29 is 9.53 Å². The highest BCUT2D eigenvalue weighted by molar-refractivity contribution is 5.94. The van der Waals surface area contributed by atoms with Crippen molar-refractivity contribution in [2.45, 2.75) is 6.04 Å². The Balaban J connectivity index is 0.00000288. The van der Waals surface area contributed by atoms with E-state index in [9.17, 15) is 4.79 Å². The number of amides is 1. The fourth-order valence-corrected chi connectivity index (χ4v) is 2.37. The van der Waals surface area contributed by atoms with Crippen LogP contribution in [0, 0.1) is 0 Å². The van der Waals surface area contributed by atoms with Gasteiger partial charge in [0.2, 0.25) is 0 Å². The van der Waals surface area contributed by atoms with E-state index in [1.807, 2.05) is 38.4 Å². The van der Waals surface area contributed by atoms with Crippen LogP contribution in [0.4, 0.5) is 5.69 Å². The van der Waals surface area contributed by atoms with Crippen LogP contribution in [0.25, 0.3) is 0 Å². The summed E-state index contributed by atoms with van der Waals surface area (Å²) in [7, 11) is 5.62. The average molecular weight is 350 g/mol. The lowest BCUT2D eigenvalue weighted by Crippen LogP contribution is -2.34. The Morgan fingerprint density at radius 1 is 1.21 bits per heavy atom. The number of nitrogens with one attached hydrogen (secondary N) is 1. The van der Waals surface area contributed by atoms with Crippen molar-refractivity contribution in [1.82, 2.24) is 10.2 Å². The van der Waals surface area contributed by atoms with Gasteiger partial charge < -0.3 is 20.7 Å². The predicted octanol–water partition coefficient (Wildman–Crippen LogP) is 2.73. The highest BCUT2D eigenvalue weighted by Gasteiger charge is 2.16. The van der Waals surface area contributed by atoms with E-state index in [1.165, 1.54) is 0 Å². The first-order chi connectivity index (χ1) is 11.0. The van der Waals surface area contributed by atoms with Gasteiger partial charge in [-0.2, -0.15) is 0 Å². The first kappa shape index (κ1) is 19.8. The molecule has 130 valence electrons. The van der Waals surface area contributed by atoms with E-state index >= 15 is 0 Å². The summed E-state index contributed by atoms with van der Waals surface area (Å²) in [6.07, 6.45) is 0. The van der Waals surface area contributed by atoms with Gasteiger partial charge in [0.25, 0.3) is 5.91 Å². The van der Waals surface area contributed by atoms with Crippen LogP contribution in [0.5, 0.6) is 5.75 Å². The monoisotopic (exact) mass is 349 g/mol. The maximum atomic E-state index is 12.2. The second-order valence-corrected chi connectivity index (χ2v) is 5.59. The summed E-state index contributed by atoms with van der Waals surface area (Å²) in [6.45, 7) is 0.503. The van der Waals surface area contributed by atoms with E-state index in [4.69, 9.17) is 10.5 Å². The smallest absolute Gasteiger partial charge is 0.251 e. The summed E-state index contributed by atoms with van der Waals surface area (Å²) in [5, 5.41) is 2.97. The van der Waals surface area contributed by atoms with Gasteiger partial charge >= 0.3 is 0 Å². The van der Waals surface area contributed by atoms with Crippen LogP contribution in [0.3, 0.4) is 0 Å². The van der Waals surface area contributed by atoms with Crippen molar-refractivity contribution >= 4 is 24.0 Å². The minimum Gasteiger partial charge on any atom is -0.497 e. The van der Waals surface area contributed by atoms with Crippen LogP contribution in [0.15, 0.2) is 48.5 Å². The number of ether oxygens (including phenoxy) is 1. The van der Waals surface area contributed by atoms with Gasteiger partial charge in [-0.1, -0.05) is 12.1 Å². The van der Waals surface area contributed by atoms with Gasteiger partial charge in [-0.25, -0.2) is 0 Å². The predicted molar refractivity (Wildman–Crippen MR) is 99.9 cm³/mol. The average Bonchev–Trinajstić information content (AvgIpc) is 2.55. The number of nitrogen functional groups attached to an aromatic ring is 1. The Morgan fingerprint density at radius 2 is 1.88 bits per heavy atom. The van der Waals surface area contributed by atoms with Crippen molar-refractivity contribution in [3.05, 3.63) is 59.7 Å². The molecule has 6 heteroatoms. The molecular weight excluding hydrogens is 326 g/mol. The number of nitrogens with two attached hydrogens (primary N) is 1. The van der Waals surface area contributed by atoms with E-state index in [2.05, 4.69) is 10.2 Å². The van der Waals surface area contributed by atoms with Gasteiger partial charge in [-0.05, 0) is 56.1 Å². The molecule has 0 saturated carbocycles. The lowest BCUT2D eigenvalue weighted by Gasteiger charge is -2.25. The van der Waals surface area contributed by atoms with Gasteiger partial charge in [0.05, 0.1) is 13.2 Å². The molecule has 2 rings (SSSR count). The third-order valence-corrected chi connectivity index (χ3v) is 3.73. The number of benzene rings is 2. The van der Waals surface area contributed by atoms with Gasteiger partial charge in [0, 0.05) is 17.8 Å². The van der Waals surface area contributed by atoms with Crippen molar-refractivity contribution in [2.75, 3.05) is 33.5 Å². The zero-order valence-electron chi connectivity index (χ0n) is 14.2. The van der Waals surface area contributed by atoms with Crippen molar-refractivity contribution in [3.63, 3.8) is 0 Å². The van der Waals surface area contributed by atoms with Crippen LogP contribution in [0.1, 0.15) is 22.0 Å². The minimum absolute atomic E-state index is 0. The summed E-state index contributed by atoms with van der Waals surface area (Å²) in [5.41, 5.74) is 7.97. The summed E-state index contributed by atoms with van der Waals surface area (Å²) in [5.74, 6) is 0.693. The second-order valence-electron chi connectivity index (χ2n) is 5.59. The zero-order valence-corrected chi connectivity index (χ0v) is 15.0. The Hall–Kier alpha value is -2.24. The Labute approximate surface area is 149 Å². The number of likely N-dealkylation sites (N-methyl/N-ethyl adjacent to an activating group) is 1. The lowest BCUT2D eigenvalue weighted by molar-refractivity contribution is 0.0942. The molecule has 1 amide bonds. The first-order valence-corrected chi connectivity index (χ1v) is 7.45. The molecule has 3 N–H and O–H groups in total. The molecule has 24 heavy (non-hydrogen) atoms. The molecule has 0 aliphatic carbocycles. The van der Waals surface area contributed by atoms with E-state index in [0.29, 0.717) is 17.8 Å². The fourth-order valence-electron chi connectivity index (χ4n) is 2.37. The largest absolute Gasteiger partial charge is 0.497 e. The number of halogens is 1. The van der Waals surface area contributed by atoms with Crippen LogP contribution in [-0.2, 0) is 0 Å². The zero-order chi connectivity index (χ0) is 16.8. The highest BCUT2D eigenvalue weighted by Crippen LogP contribution is 2.22. The van der Waals surface area contributed by atoms with E-state index in [1.54, 1.807) is 31.4 Å². The number of anilines is 1. The SMILES string of the molecule is COc1cccc(C(CNC(=O)c2ccc(N)cc2)N(C)C)c1.Cl. The molecule has 0 aliphatic heterocycles. The molecule has 0 fully saturated rings. The van der Waals surface area contributed by atoms with Gasteiger partial charge in [-0.15, -0.1) is 12.4 Å². The third-order valence-electron chi connectivity index (χ3n) is 3.73. The molecule has 1 atom stereocenters. The fraction of sp³-hybridized carbons (Fsp3) is 0.278. The molecule has 0 aliphatic rings. The Kier molecular flexibility index (Phi) is 7.55. The van der Waals surface area contributed by atoms with Gasteiger partial charge in [0.1, 0.15) is 5.75 Å². The summed E-state index contributed by atoms with van der Waals surface area (Å²) in [4.78, 5) is 14.3. The number of hydrogen-bond donors (Lipinski definition) is 2. The molecule has 2 aromatic rings. The molecule has 0 spiro atoms. The van der Waals surface area contributed by atoms with E-state index < -0.39 is 0 Å². The summed E-state index contributed by atoms with van der Waals surface area (Å²) in [6, 6.07) is 14.8. The molecule has 5 nitrogen and oxygen atoms in total. The standard InChI is InChI=1S/C18H23N3O2.ClH/c1-21(2)17(14-5-4-6-16(11-14)23-3)12-20-18(22)13-7-9-15(19)10-8-13;/h4-11,17H,12,19H2,1-3H3,(H,20,22);1H. The highest BCUT2D eigenvalue weighted by atomic mass is 35.5. The molecule has 1 unspecified atom stereocenters. The Morgan fingerprint density at radius 3 is 2.46 bits per heavy atom. The minimum atomic E-state index is -0.111. The molecule has 0 aromatic heterocycles. The molecule has 0 saturated heterocycles. The van der Waals surface area contributed by atoms with Crippen LogP contribution in [0.2, 0.25) is 0 Å². The quantitative estimate of drug-likeness (QED) is 0.787. The number of carbonyl (C=O) groups excluding carboxylic acids is 1. The number of rotatable bonds is 6. The summed E-state index contributed by atoms with van der Waals surface area (Å²) < 4.78 is 5.27. The topological polar surface area (TPSA) is 67.6 Å². The Bertz CT molecular complexity index is 660. The molecule has 2 aromatic carbocycles. The molecule has 0 bridgehead atoms. The molecular formula is C18H24ClN3O2. The van der Waals surface area contributed by atoms with Crippen molar-refractivity contribution in [2.24, 2.45) is 0 Å². The second kappa shape index (κ2) is 9.15. The first-order valence-electron chi connectivity index (χ1n) is 7.45. The van der Waals surface area contributed by atoms with Crippen LogP contribution >= 0.6 is 12.4 Å². The number of carbonyl (C=O) groups is 1. The van der Waals surface area contributed by atoms with Gasteiger partial charge in [-0.3, -0.25) is 4.79 Å². The molecule has 0 radical (unpaired) electrons. The lowest BCUT2D eigenvalue weighted by atomic mass is 10.1. The maximum absolute atomic E-state index is 12.2. The van der Waals surface area contributed by atoms with Crippen LogP contribution in [-0.4, -0.2) is 38.6 Å². The maximum Gasteiger partial charge on any atom is 0.251 e. The van der Waals surface area contributed by atoms with Crippen LogP contribution < -0.4 is 15.8 Å². The van der Waals surface area contributed by atoms with E-state index in [-0.39, 0.29) is 24.4 Å². The number of hydrogen-bond acceptors (Lipinski definition) is 4. The van der Waals surface area contributed by atoms with Crippen molar-refractivity contribution in [3.8, 4) is 5.75 Å². The van der Waals surface area contributed by atoms with Gasteiger partial charge in [0.15, 0.2) is 0 Å². The van der Waals surface area contributed by atoms with E-state index in [0.717, 1.165) is 11.3 Å². The number of nitrogens with zero attached hydrogens (tertiary/aromatic N) is 1. The number of methoxy groups -OCH3 is 1. The van der Waals surface area contributed by atoms with Crippen molar-refractivity contribution in [1.29, 1.82) is 0 Å². The normalized spacial score (nSPS) is 11.5.